The first-order valence-electron chi connectivity index (χ1n) is 4.93. The van der Waals surface area contributed by atoms with Crippen LogP contribution < -0.4 is 5.73 Å². The zero-order valence-electron chi connectivity index (χ0n) is 10.1. The van der Waals surface area contributed by atoms with E-state index in [-0.39, 0.29) is 5.95 Å². The zero-order chi connectivity index (χ0) is 12.8. The molecule has 0 aliphatic carbocycles. The molecule has 1 heterocycles. The summed E-state index contributed by atoms with van der Waals surface area (Å²) >= 11 is 1.47. The second kappa shape index (κ2) is 6.15. The maximum atomic E-state index is 5.51. The van der Waals surface area contributed by atoms with Crippen LogP contribution in [0.15, 0.2) is 28.8 Å². The van der Waals surface area contributed by atoms with Gasteiger partial charge in [0.2, 0.25) is 5.95 Å². The number of nitrogens with zero attached hydrogens (tertiary/aromatic N) is 4. The van der Waals surface area contributed by atoms with Crippen LogP contribution in [0.4, 0.5) is 5.95 Å². The number of hydrogen-bond donors (Lipinski definition) is 1. The summed E-state index contributed by atoms with van der Waals surface area (Å²) in [5, 5.41) is 0.677. The number of aromatic nitrogens is 2. The van der Waals surface area contributed by atoms with E-state index < -0.39 is 0 Å². The molecule has 0 radical (unpaired) electrons. The number of allylic oxidation sites excluding steroid dienone is 1. The molecule has 5 nitrogen and oxygen atoms in total. The van der Waals surface area contributed by atoms with Gasteiger partial charge in [0.05, 0.1) is 11.4 Å². The van der Waals surface area contributed by atoms with E-state index in [1.54, 1.807) is 19.3 Å². The van der Waals surface area contributed by atoms with Gasteiger partial charge in [-0.1, -0.05) is 18.3 Å². The highest BCUT2D eigenvalue weighted by Gasteiger charge is 2.07. The molecular weight excluding hydrogens is 234 g/mol. The lowest BCUT2D eigenvalue weighted by molar-refractivity contribution is 1.11. The third kappa shape index (κ3) is 3.39. The topological polar surface area (TPSA) is 76.5 Å². The Morgan fingerprint density at radius 1 is 1.59 bits per heavy atom. The third-order valence-electron chi connectivity index (χ3n) is 2.06. The van der Waals surface area contributed by atoms with E-state index in [9.17, 15) is 0 Å². The molecule has 0 aliphatic heterocycles. The number of nitrogens with two attached hydrogens (primary N) is 1. The number of aryl methyl sites for hydroxylation is 1. The monoisotopic (exact) mass is 249 g/mol. The molecule has 6 heteroatoms. The lowest BCUT2D eigenvalue weighted by atomic mass is 10.1. The first-order chi connectivity index (χ1) is 8.12. The first-order valence-corrected chi connectivity index (χ1v) is 6.16. The molecule has 0 spiro atoms. The van der Waals surface area contributed by atoms with E-state index in [4.69, 9.17) is 5.73 Å². The summed E-state index contributed by atoms with van der Waals surface area (Å²) in [5.41, 5.74) is 7.78. The molecule has 2 N–H and O–H groups in total. The number of anilines is 1. The van der Waals surface area contributed by atoms with Gasteiger partial charge in [-0.25, -0.2) is 15.0 Å². The van der Waals surface area contributed by atoms with Gasteiger partial charge in [0, 0.05) is 18.8 Å². The van der Waals surface area contributed by atoms with Crippen molar-refractivity contribution in [3.63, 3.8) is 0 Å². The average Bonchev–Trinajstić information content (AvgIpc) is 2.32. The number of thioether (sulfide) groups is 1. The van der Waals surface area contributed by atoms with Crippen LogP contribution in [0, 0.1) is 6.92 Å². The van der Waals surface area contributed by atoms with E-state index in [1.807, 2.05) is 13.2 Å². The van der Waals surface area contributed by atoms with Crippen molar-refractivity contribution >= 4 is 28.6 Å². The number of nitrogen functional groups attached to an aromatic ring is 1. The number of hydrogen-bond acceptors (Lipinski definition) is 5. The summed E-state index contributed by atoms with van der Waals surface area (Å²) in [7, 11) is 1.70. The Morgan fingerprint density at radius 3 is 2.76 bits per heavy atom. The van der Waals surface area contributed by atoms with E-state index >= 15 is 0 Å². The van der Waals surface area contributed by atoms with Gasteiger partial charge in [-0.3, -0.25) is 4.99 Å². The van der Waals surface area contributed by atoms with E-state index in [0.29, 0.717) is 10.9 Å². The van der Waals surface area contributed by atoms with Crippen molar-refractivity contribution in [2.45, 2.75) is 6.92 Å². The summed E-state index contributed by atoms with van der Waals surface area (Å²) in [6.45, 7) is 5.60. The molecular formula is C11H15N5S. The van der Waals surface area contributed by atoms with Gasteiger partial charge in [0.1, 0.15) is 0 Å². The minimum Gasteiger partial charge on any atom is -0.368 e. The highest BCUT2D eigenvalue weighted by Crippen LogP contribution is 2.10. The maximum absolute atomic E-state index is 5.51. The van der Waals surface area contributed by atoms with Crippen LogP contribution in [0.2, 0.25) is 0 Å². The second-order valence-corrected chi connectivity index (χ2v) is 3.91. The van der Waals surface area contributed by atoms with E-state index in [2.05, 4.69) is 26.5 Å². The molecule has 0 fully saturated rings. The van der Waals surface area contributed by atoms with Gasteiger partial charge in [0.25, 0.3) is 0 Å². The van der Waals surface area contributed by atoms with Crippen LogP contribution in [0.25, 0.3) is 0 Å². The molecule has 1 aromatic heterocycles. The molecule has 0 aromatic carbocycles. The normalized spacial score (nSPS) is 12.6. The molecule has 90 valence electrons. The fourth-order valence-electron chi connectivity index (χ4n) is 1.24. The Hall–Kier alpha value is -1.69. The number of aliphatic imine (C=N–C) groups is 2. The quantitative estimate of drug-likeness (QED) is 0.639. The fraction of sp³-hybridized carbons (Fsp3) is 0.273. The Morgan fingerprint density at radius 2 is 2.29 bits per heavy atom. The van der Waals surface area contributed by atoms with Crippen molar-refractivity contribution in [1.82, 2.24) is 9.97 Å². The Bertz CT molecular complexity index is 479. The summed E-state index contributed by atoms with van der Waals surface area (Å²) < 4.78 is 0. The molecule has 0 unspecified atom stereocenters. The highest BCUT2D eigenvalue weighted by molar-refractivity contribution is 8.13. The Kier molecular flexibility index (Phi) is 4.84. The zero-order valence-corrected chi connectivity index (χ0v) is 11.0. The predicted octanol–water partition coefficient (Wildman–Crippen LogP) is 1.69. The largest absolute Gasteiger partial charge is 0.368 e. The van der Waals surface area contributed by atoms with Gasteiger partial charge in [0.15, 0.2) is 5.17 Å². The summed E-state index contributed by atoms with van der Waals surface area (Å²) in [6, 6.07) is 0. The fourth-order valence-corrected chi connectivity index (χ4v) is 1.61. The summed E-state index contributed by atoms with van der Waals surface area (Å²) in [4.78, 5) is 16.5. The van der Waals surface area contributed by atoms with Crippen LogP contribution in [-0.4, -0.2) is 34.2 Å². The van der Waals surface area contributed by atoms with Crippen LogP contribution in [0.5, 0.6) is 0 Å². The van der Waals surface area contributed by atoms with Crippen LogP contribution in [0.3, 0.4) is 0 Å². The minimum atomic E-state index is 0.254. The lowest BCUT2D eigenvalue weighted by Crippen LogP contribution is -2.07. The summed E-state index contributed by atoms with van der Waals surface area (Å²) in [6.07, 6.45) is 5.22. The van der Waals surface area contributed by atoms with Gasteiger partial charge >= 0.3 is 0 Å². The van der Waals surface area contributed by atoms with Gasteiger partial charge in [-0.05, 0) is 19.3 Å². The van der Waals surface area contributed by atoms with Crippen molar-refractivity contribution in [1.29, 1.82) is 0 Å². The number of rotatable bonds is 2. The lowest BCUT2D eigenvalue weighted by Gasteiger charge is -2.05. The highest BCUT2D eigenvalue weighted by atomic mass is 32.2. The van der Waals surface area contributed by atoms with Crippen molar-refractivity contribution in [3.05, 3.63) is 30.1 Å². The van der Waals surface area contributed by atoms with Gasteiger partial charge < -0.3 is 5.73 Å². The molecule has 0 aliphatic rings. The first kappa shape index (κ1) is 13.4. The predicted molar refractivity (Wildman–Crippen MR) is 74.8 cm³/mol. The summed E-state index contributed by atoms with van der Waals surface area (Å²) in [5.74, 6) is 0.254. The maximum Gasteiger partial charge on any atom is 0.220 e. The molecule has 0 amide bonds. The van der Waals surface area contributed by atoms with Crippen LogP contribution >= 0.6 is 11.8 Å². The second-order valence-electron chi connectivity index (χ2n) is 3.14. The van der Waals surface area contributed by atoms with Crippen LogP contribution in [-0.2, 0) is 0 Å². The average molecular weight is 249 g/mol. The van der Waals surface area contributed by atoms with Crippen molar-refractivity contribution in [3.8, 4) is 0 Å². The van der Waals surface area contributed by atoms with Gasteiger partial charge in [-0.2, -0.15) is 0 Å². The third-order valence-corrected chi connectivity index (χ3v) is 2.70. The van der Waals surface area contributed by atoms with E-state index in [0.717, 1.165) is 11.3 Å². The molecule has 0 bridgehead atoms. The Labute approximate surface area is 105 Å². The van der Waals surface area contributed by atoms with Gasteiger partial charge in [-0.15, -0.1) is 0 Å². The molecule has 0 atom stereocenters. The smallest absolute Gasteiger partial charge is 0.220 e. The SMILES string of the molecule is C=CC(=NC(=NC)SC)c1cnc(N)nc1C. The Balaban J connectivity index is 3.23. The standard InChI is InChI=1S/C11H15N5S/c1-5-9(16-11(13-3)17-4)8-6-14-10(12)15-7(8)2/h5-6H,1H2,2-4H3,(H2,12,14,15). The molecule has 0 saturated carbocycles. The van der Waals surface area contributed by atoms with Crippen molar-refractivity contribution in [2.24, 2.45) is 9.98 Å². The van der Waals surface area contributed by atoms with Crippen molar-refractivity contribution < 1.29 is 0 Å². The van der Waals surface area contributed by atoms with Crippen LogP contribution in [0.1, 0.15) is 11.3 Å². The van der Waals surface area contributed by atoms with E-state index in [1.165, 1.54) is 11.8 Å². The molecule has 0 saturated heterocycles. The van der Waals surface area contributed by atoms with Crippen molar-refractivity contribution in [2.75, 3.05) is 19.0 Å². The molecule has 1 aromatic rings. The number of amidine groups is 1. The molecule has 1 rings (SSSR count). The molecule has 17 heavy (non-hydrogen) atoms. The minimum absolute atomic E-state index is 0.254.